The molecule has 2 aromatic carbocycles. The molecule has 26 heavy (non-hydrogen) atoms. The summed E-state index contributed by atoms with van der Waals surface area (Å²) in [6.07, 6.45) is 0. The minimum absolute atomic E-state index is 0.0579. The van der Waals surface area contributed by atoms with E-state index in [2.05, 4.69) is 0 Å². The molecule has 0 bridgehead atoms. The van der Waals surface area contributed by atoms with Gasteiger partial charge in [0, 0.05) is 23.8 Å². The van der Waals surface area contributed by atoms with E-state index in [1.165, 1.54) is 0 Å². The van der Waals surface area contributed by atoms with Gasteiger partial charge in [-0.1, -0.05) is 17.7 Å². The van der Waals surface area contributed by atoms with Crippen molar-refractivity contribution in [1.82, 2.24) is 4.90 Å². The molecule has 0 saturated carbocycles. The molecule has 2 aliphatic rings. The van der Waals surface area contributed by atoms with Crippen LogP contribution in [0.2, 0.25) is 0 Å². The zero-order chi connectivity index (χ0) is 18.3. The quantitative estimate of drug-likeness (QED) is 0.834. The lowest BCUT2D eigenvalue weighted by Gasteiger charge is -2.39. The first-order valence-corrected chi connectivity index (χ1v) is 8.60. The van der Waals surface area contributed by atoms with E-state index in [1.54, 1.807) is 28.0 Å². The van der Waals surface area contributed by atoms with E-state index < -0.39 is 0 Å². The normalized spacial score (nSPS) is 19.0. The first-order valence-electron chi connectivity index (χ1n) is 8.60. The third-order valence-corrected chi connectivity index (χ3v) is 4.81. The Hall–Kier alpha value is -3.02. The maximum absolute atomic E-state index is 12.9. The number of anilines is 1. The van der Waals surface area contributed by atoms with Gasteiger partial charge in [0.1, 0.15) is 6.54 Å². The summed E-state index contributed by atoms with van der Waals surface area (Å²) < 4.78 is 10.6. The molecule has 4 rings (SSSR count). The molecule has 0 aromatic heterocycles. The zero-order valence-corrected chi connectivity index (χ0v) is 14.8. The summed E-state index contributed by atoms with van der Waals surface area (Å²) in [5.74, 6) is 0.941. The number of hydrogen-bond acceptors (Lipinski definition) is 4. The number of fused-ring (bicyclic) bond motifs is 1. The molecule has 6 nitrogen and oxygen atoms in total. The van der Waals surface area contributed by atoms with Crippen molar-refractivity contribution in [3.05, 3.63) is 53.6 Å². The van der Waals surface area contributed by atoms with Crippen molar-refractivity contribution < 1.29 is 19.1 Å². The van der Waals surface area contributed by atoms with E-state index in [0.29, 0.717) is 23.6 Å². The first-order chi connectivity index (χ1) is 12.5. The highest BCUT2D eigenvalue weighted by atomic mass is 16.7. The van der Waals surface area contributed by atoms with E-state index in [9.17, 15) is 9.59 Å². The minimum atomic E-state index is -0.173. The zero-order valence-electron chi connectivity index (χ0n) is 14.8. The minimum Gasteiger partial charge on any atom is -0.454 e. The largest absolute Gasteiger partial charge is 0.454 e. The van der Waals surface area contributed by atoms with E-state index in [1.807, 2.05) is 38.1 Å². The molecule has 2 aliphatic heterocycles. The fourth-order valence-corrected chi connectivity index (χ4v) is 3.29. The lowest BCUT2D eigenvalue weighted by atomic mass is 10.1. The number of hydrogen-bond donors (Lipinski definition) is 0. The van der Waals surface area contributed by atoms with Crippen molar-refractivity contribution >= 4 is 17.5 Å². The average Bonchev–Trinajstić information content (AvgIpc) is 3.11. The number of ether oxygens (including phenoxy) is 2. The van der Waals surface area contributed by atoms with Gasteiger partial charge in [0.05, 0.1) is 0 Å². The summed E-state index contributed by atoms with van der Waals surface area (Å²) in [7, 11) is 0. The van der Waals surface area contributed by atoms with Gasteiger partial charge >= 0.3 is 0 Å². The van der Waals surface area contributed by atoms with Crippen molar-refractivity contribution in [1.29, 1.82) is 0 Å². The van der Waals surface area contributed by atoms with Gasteiger partial charge in [-0.05, 0) is 44.2 Å². The van der Waals surface area contributed by atoms with Gasteiger partial charge in [-0.25, -0.2) is 0 Å². The Labute approximate surface area is 151 Å². The predicted molar refractivity (Wildman–Crippen MR) is 96.6 cm³/mol. The van der Waals surface area contributed by atoms with Crippen LogP contribution >= 0.6 is 0 Å². The number of amides is 2. The molecule has 0 spiro atoms. The molecule has 0 unspecified atom stereocenters. The van der Waals surface area contributed by atoms with Crippen LogP contribution in [0, 0.1) is 6.92 Å². The predicted octanol–water partition coefficient (Wildman–Crippen LogP) is 2.60. The number of aryl methyl sites for hydroxylation is 1. The number of piperazine rings is 1. The van der Waals surface area contributed by atoms with Gasteiger partial charge in [0.2, 0.25) is 12.7 Å². The van der Waals surface area contributed by atoms with E-state index in [-0.39, 0.29) is 31.2 Å². The van der Waals surface area contributed by atoms with E-state index >= 15 is 0 Å². The van der Waals surface area contributed by atoms with Gasteiger partial charge in [-0.3, -0.25) is 9.59 Å². The van der Waals surface area contributed by atoms with E-state index in [0.717, 1.165) is 11.3 Å². The Morgan fingerprint density at radius 3 is 2.58 bits per heavy atom. The Balaban J connectivity index is 1.53. The van der Waals surface area contributed by atoms with Crippen LogP contribution in [0.15, 0.2) is 42.5 Å². The van der Waals surface area contributed by atoms with Gasteiger partial charge in [0.25, 0.3) is 5.91 Å². The van der Waals surface area contributed by atoms with Crippen LogP contribution in [0.4, 0.5) is 5.69 Å². The highest BCUT2D eigenvalue weighted by Crippen LogP contribution is 2.33. The molecule has 2 aromatic rings. The number of nitrogens with zero attached hydrogens (tertiary/aromatic N) is 2. The molecule has 1 fully saturated rings. The van der Waals surface area contributed by atoms with Crippen LogP contribution in [0.25, 0.3) is 0 Å². The van der Waals surface area contributed by atoms with Crippen LogP contribution in [-0.4, -0.2) is 42.6 Å². The number of carbonyl (C=O) groups excluding carboxylic acids is 2. The fourth-order valence-electron chi connectivity index (χ4n) is 3.29. The number of benzene rings is 2. The van der Waals surface area contributed by atoms with Crippen LogP contribution < -0.4 is 14.4 Å². The highest BCUT2D eigenvalue weighted by Gasteiger charge is 2.34. The highest BCUT2D eigenvalue weighted by molar-refractivity contribution is 6.02. The molecule has 1 saturated heterocycles. The second kappa shape index (κ2) is 6.37. The Morgan fingerprint density at radius 1 is 1.08 bits per heavy atom. The molecule has 0 radical (unpaired) electrons. The smallest absolute Gasteiger partial charge is 0.254 e. The standard InChI is InChI=1S/C20H20N2O4/c1-13-3-6-16(7-4-13)22-10-14(2)21(11-19(22)23)20(24)15-5-8-17-18(9-15)26-12-25-17/h3-9,14H,10-12H2,1-2H3/t14-/m0/s1. The summed E-state index contributed by atoms with van der Waals surface area (Å²) in [6.45, 7) is 4.66. The average molecular weight is 352 g/mol. The van der Waals surface area contributed by atoms with Gasteiger partial charge in [-0.15, -0.1) is 0 Å². The van der Waals surface area contributed by atoms with Crippen LogP contribution in [0.5, 0.6) is 11.5 Å². The van der Waals surface area contributed by atoms with Crippen molar-refractivity contribution in [2.45, 2.75) is 19.9 Å². The summed E-state index contributed by atoms with van der Waals surface area (Å²) in [4.78, 5) is 28.9. The maximum Gasteiger partial charge on any atom is 0.254 e. The molecule has 134 valence electrons. The first kappa shape index (κ1) is 16.4. The molecule has 1 atom stereocenters. The summed E-state index contributed by atoms with van der Waals surface area (Å²) >= 11 is 0. The van der Waals surface area contributed by atoms with Crippen molar-refractivity contribution in [3.63, 3.8) is 0 Å². The summed E-state index contributed by atoms with van der Waals surface area (Å²) in [5, 5.41) is 0. The third kappa shape index (κ3) is 2.87. The third-order valence-electron chi connectivity index (χ3n) is 4.81. The lowest BCUT2D eigenvalue weighted by molar-refractivity contribution is -0.121. The second-order valence-electron chi connectivity index (χ2n) is 6.69. The Morgan fingerprint density at radius 2 is 1.81 bits per heavy atom. The van der Waals surface area contributed by atoms with Gasteiger partial charge in [0.15, 0.2) is 11.5 Å². The van der Waals surface area contributed by atoms with Crippen molar-refractivity contribution in [2.24, 2.45) is 0 Å². The molecule has 0 aliphatic carbocycles. The van der Waals surface area contributed by atoms with Crippen LogP contribution in [-0.2, 0) is 4.79 Å². The maximum atomic E-state index is 12.9. The number of carbonyl (C=O) groups is 2. The molecular weight excluding hydrogens is 332 g/mol. The fraction of sp³-hybridized carbons (Fsp3) is 0.300. The number of rotatable bonds is 2. The van der Waals surface area contributed by atoms with Gasteiger partial charge < -0.3 is 19.3 Å². The topological polar surface area (TPSA) is 59.1 Å². The van der Waals surface area contributed by atoms with Crippen molar-refractivity contribution in [3.8, 4) is 11.5 Å². The van der Waals surface area contributed by atoms with Crippen LogP contribution in [0.3, 0.4) is 0 Å². The summed E-state index contributed by atoms with van der Waals surface area (Å²) in [6, 6.07) is 12.9. The Bertz CT molecular complexity index is 863. The molecular formula is C20H20N2O4. The van der Waals surface area contributed by atoms with Gasteiger partial charge in [-0.2, -0.15) is 0 Å². The molecule has 0 N–H and O–H groups in total. The lowest BCUT2D eigenvalue weighted by Crippen LogP contribution is -2.57. The molecule has 2 amide bonds. The Kier molecular flexibility index (Phi) is 4.03. The molecule has 6 heteroatoms. The summed E-state index contributed by atoms with van der Waals surface area (Å²) in [5.41, 5.74) is 2.51. The SMILES string of the molecule is Cc1ccc(N2C[C@H](C)N(C(=O)c3ccc4c(c3)OCO4)CC2=O)cc1. The van der Waals surface area contributed by atoms with Crippen molar-refractivity contribution in [2.75, 3.05) is 24.8 Å². The molecule has 2 heterocycles. The second-order valence-corrected chi connectivity index (χ2v) is 6.69. The monoisotopic (exact) mass is 352 g/mol. The van der Waals surface area contributed by atoms with Crippen LogP contribution in [0.1, 0.15) is 22.8 Å². The van der Waals surface area contributed by atoms with E-state index in [4.69, 9.17) is 9.47 Å².